The fraction of sp³-hybridized carbons (Fsp3) is 0.667. The molecule has 1 heterocycles. The van der Waals surface area contributed by atoms with E-state index in [4.69, 9.17) is 0 Å². The second-order valence-electron chi connectivity index (χ2n) is 4.84. The summed E-state index contributed by atoms with van der Waals surface area (Å²) in [4.78, 5) is 0.727. The fourth-order valence-electron chi connectivity index (χ4n) is 2.86. The summed E-state index contributed by atoms with van der Waals surface area (Å²) in [5.74, 6) is 3.18. The van der Waals surface area contributed by atoms with Crippen molar-refractivity contribution in [3.8, 4) is 0 Å². The van der Waals surface area contributed by atoms with Crippen LogP contribution in [0.1, 0.15) is 24.8 Å². The number of halogens is 1. The standard InChI is InChI=1S/C12H15BrS/c13-12(3-8-1-2-14-7-8)11-5-9-4-10(9)6-11/h1-2,7,9-12H,3-6H2. The minimum Gasteiger partial charge on any atom is -0.152 e. The van der Waals surface area contributed by atoms with Crippen LogP contribution in [0.15, 0.2) is 16.8 Å². The molecule has 14 heavy (non-hydrogen) atoms. The number of alkyl halides is 1. The molecule has 2 aliphatic rings. The van der Waals surface area contributed by atoms with Gasteiger partial charge in [-0.25, -0.2) is 0 Å². The Morgan fingerprint density at radius 1 is 1.36 bits per heavy atom. The predicted molar refractivity (Wildman–Crippen MR) is 65.1 cm³/mol. The molecule has 0 radical (unpaired) electrons. The lowest BCUT2D eigenvalue weighted by molar-refractivity contribution is 0.471. The number of thiophene rings is 1. The van der Waals surface area contributed by atoms with E-state index in [9.17, 15) is 0 Å². The lowest BCUT2D eigenvalue weighted by Gasteiger charge is -2.18. The molecule has 2 saturated carbocycles. The van der Waals surface area contributed by atoms with Gasteiger partial charge >= 0.3 is 0 Å². The second-order valence-corrected chi connectivity index (χ2v) is 6.80. The van der Waals surface area contributed by atoms with Gasteiger partial charge in [0.05, 0.1) is 0 Å². The highest BCUT2D eigenvalue weighted by molar-refractivity contribution is 9.09. The summed E-state index contributed by atoms with van der Waals surface area (Å²) in [5, 5.41) is 4.46. The average molecular weight is 271 g/mol. The Balaban J connectivity index is 1.58. The van der Waals surface area contributed by atoms with Gasteiger partial charge in [-0.1, -0.05) is 15.9 Å². The Morgan fingerprint density at radius 2 is 2.14 bits per heavy atom. The van der Waals surface area contributed by atoms with Crippen LogP contribution in [0, 0.1) is 17.8 Å². The molecule has 2 aliphatic carbocycles. The lowest BCUT2D eigenvalue weighted by atomic mass is 9.96. The molecule has 0 spiro atoms. The molecule has 1 aromatic rings. The van der Waals surface area contributed by atoms with Crippen LogP contribution in [-0.2, 0) is 6.42 Å². The normalized spacial score (nSPS) is 36.8. The van der Waals surface area contributed by atoms with Crippen molar-refractivity contribution in [2.24, 2.45) is 17.8 Å². The van der Waals surface area contributed by atoms with E-state index in [1.807, 2.05) is 11.3 Å². The maximum absolute atomic E-state index is 3.88. The van der Waals surface area contributed by atoms with E-state index in [-0.39, 0.29) is 0 Å². The van der Waals surface area contributed by atoms with Crippen molar-refractivity contribution in [3.05, 3.63) is 22.4 Å². The topological polar surface area (TPSA) is 0 Å². The quantitative estimate of drug-likeness (QED) is 0.726. The predicted octanol–water partition coefficient (Wildman–Crippen LogP) is 4.10. The summed E-state index contributed by atoms with van der Waals surface area (Å²) in [7, 11) is 0. The Kier molecular flexibility index (Phi) is 2.45. The zero-order valence-electron chi connectivity index (χ0n) is 8.16. The van der Waals surface area contributed by atoms with Crippen LogP contribution in [0.3, 0.4) is 0 Å². The Morgan fingerprint density at radius 3 is 2.79 bits per heavy atom. The van der Waals surface area contributed by atoms with Crippen LogP contribution in [0.5, 0.6) is 0 Å². The number of rotatable bonds is 3. The minimum atomic E-state index is 0.727. The number of fused-ring (bicyclic) bond motifs is 1. The first kappa shape index (κ1) is 9.41. The van der Waals surface area contributed by atoms with Crippen LogP contribution in [0.2, 0.25) is 0 Å². The van der Waals surface area contributed by atoms with Gasteiger partial charge in [-0.2, -0.15) is 11.3 Å². The van der Waals surface area contributed by atoms with Crippen LogP contribution in [0.4, 0.5) is 0 Å². The first-order valence-electron chi connectivity index (χ1n) is 5.48. The molecule has 3 rings (SSSR count). The van der Waals surface area contributed by atoms with Crippen LogP contribution >= 0.6 is 27.3 Å². The summed E-state index contributed by atoms with van der Waals surface area (Å²) in [6.45, 7) is 0. The van der Waals surface area contributed by atoms with E-state index in [0.717, 1.165) is 22.6 Å². The van der Waals surface area contributed by atoms with Gasteiger partial charge in [-0.3, -0.25) is 0 Å². The highest BCUT2D eigenvalue weighted by Crippen LogP contribution is 2.56. The Hall–Kier alpha value is 0.180. The zero-order valence-corrected chi connectivity index (χ0v) is 10.6. The molecule has 0 bridgehead atoms. The van der Waals surface area contributed by atoms with Crippen molar-refractivity contribution < 1.29 is 0 Å². The van der Waals surface area contributed by atoms with E-state index in [2.05, 4.69) is 32.8 Å². The summed E-state index contributed by atoms with van der Waals surface area (Å²) in [5.41, 5.74) is 1.51. The fourth-order valence-corrected chi connectivity index (χ4v) is 4.34. The van der Waals surface area contributed by atoms with Crippen molar-refractivity contribution in [3.63, 3.8) is 0 Å². The van der Waals surface area contributed by atoms with Gasteiger partial charge < -0.3 is 0 Å². The van der Waals surface area contributed by atoms with Gasteiger partial charge in [0.2, 0.25) is 0 Å². The van der Waals surface area contributed by atoms with E-state index in [1.165, 1.54) is 31.2 Å². The molecule has 76 valence electrons. The molecule has 0 aromatic carbocycles. The summed E-state index contributed by atoms with van der Waals surface area (Å²) >= 11 is 5.69. The van der Waals surface area contributed by atoms with Crippen molar-refractivity contribution in [2.45, 2.75) is 30.5 Å². The minimum absolute atomic E-state index is 0.727. The third kappa shape index (κ3) is 1.79. The number of hydrogen-bond acceptors (Lipinski definition) is 1. The van der Waals surface area contributed by atoms with Gasteiger partial charge in [-0.15, -0.1) is 0 Å². The molecule has 2 fully saturated rings. The summed E-state index contributed by atoms with van der Waals surface area (Å²) in [6, 6.07) is 2.26. The number of hydrogen-bond donors (Lipinski definition) is 0. The molecule has 3 unspecified atom stereocenters. The van der Waals surface area contributed by atoms with Crippen LogP contribution in [-0.4, -0.2) is 4.83 Å². The monoisotopic (exact) mass is 270 g/mol. The molecular formula is C12H15BrS. The third-order valence-corrected chi connectivity index (χ3v) is 5.61. The first-order chi connectivity index (χ1) is 6.83. The second kappa shape index (κ2) is 3.64. The highest BCUT2D eigenvalue weighted by atomic mass is 79.9. The molecular weight excluding hydrogens is 256 g/mol. The Bertz CT molecular complexity index is 296. The molecule has 1 aromatic heterocycles. The van der Waals surface area contributed by atoms with E-state index < -0.39 is 0 Å². The van der Waals surface area contributed by atoms with Crippen molar-refractivity contribution >= 4 is 27.3 Å². The van der Waals surface area contributed by atoms with Gasteiger partial charge in [0.15, 0.2) is 0 Å². The van der Waals surface area contributed by atoms with Gasteiger partial charge in [0.25, 0.3) is 0 Å². The molecule has 0 nitrogen and oxygen atoms in total. The van der Waals surface area contributed by atoms with Gasteiger partial charge in [0, 0.05) is 4.83 Å². The van der Waals surface area contributed by atoms with Gasteiger partial charge in [0.1, 0.15) is 0 Å². The SMILES string of the molecule is BrC(Cc1ccsc1)C1CC2CC2C1. The maximum Gasteiger partial charge on any atom is 0.0214 e. The average Bonchev–Trinajstić information content (AvgIpc) is 2.68. The van der Waals surface area contributed by atoms with Crippen LogP contribution < -0.4 is 0 Å². The first-order valence-corrected chi connectivity index (χ1v) is 7.34. The summed E-state index contributed by atoms with van der Waals surface area (Å²) in [6.07, 6.45) is 5.75. The smallest absolute Gasteiger partial charge is 0.0214 e. The largest absolute Gasteiger partial charge is 0.152 e. The lowest BCUT2D eigenvalue weighted by Crippen LogP contribution is -2.15. The third-order valence-electron chi connectivity index (χ3n) is 3.80. The van der Waals surface area contributed by atoms with E-state index in [0.29, 0.717) is 0 Å². The molecule has 0 saturated heterocycles. The molecule has 0 N–H and O–H groups in total. The highest BCUT2D eigenvalue weighted by Gasteiger charge is 2.47. The maximum atomic E-state index is 3.88. The van der Waals surface area contributed by atoms with Crippen molar-refractivity contribution in [1.29, 1.82) is 0 Å². The zero-order chi connectivity index (χ0) is 9.54. The van der Waals surface area contributed by atoms with E-state index in [1.54, 1.807) is 0 Å². The van der Waals surface area contributed by atoms with Crippen molar-refractivity contribution in [1.82, 2.24) is 0 Å². The molecule has 0 amide bonds. The summed E-state index contributed by atoms with van der Waals surface area (Å²) < 4.78 is 0. The molecule has 0 aliphatic heterocycles. The molecule has 3 atom stereocenters. The van der Waals surface area contributed by atoms with E-state index >= 15 is 0 Å². The van der Waals surface area contributed by atoms with Gasteiger partial charge in [-0.05, 0) is 65.8 Å². The van der Waals surface area contributed by atoms with Crippen LogP contribution in [0.25, 0.3) is 0 Å². The van der Waals surface area contributed by atoms with Crippen molar-refractivity contribution in [2.75, 3.05) is 0 Å². The molecule has 2 heteroatoms. The Labute approximate surface area is 97.8 Å².